The minimum Gasteiger partial charge on any atom is -0.392 e. The van der Waals surface area contributed by atoms with Gasteiger partial charge in [0.05, 0.1) is 11.7 Å². The van der Waals surface area contributed by atoms with Crippen LogP contribution in [0.2, 0.25) is 0 Å². The zero-order valence-corrected chi connectivity index (χ0v) is 6.95. The topological polar surface area (TPSA) is 66.5 Å². The molecule has 0 amide bonds. The van der Waals surface area contributed by atoms with Crippen LogP contribution in [-0.4, -0.2) is 28.0 Å². The molecule has 3 unspecified atom stereocenters. The van der Waals surface area contributed by atoms with Crippen molar-refractivity contribution in [1.82, 2.24) is 0 Å². The van der Waals surface area contributed by atoms with Crippen LogP contribution in [0.4, 0.5) is 0 Å². The molecule has 0 saturated heterocycles. The second-order valence-electron chi connectivity index (χ2n) is 3.81. The van der Waals surface area contributed by atoms with Gasteiger partial charge in [-0.25, -0.2) is 0 Å². The van der Waals surface area contributed by atoms with Crippen molar-refractivity contribution in [2.75, 3.05) is 0 Å². The van der Waals surface area contributed by atoms with Gasteiger partial charge >= 0.3 is 0 Å². The number of aliphatic hydroxyl groups excluding tert-OH is 1. The molecule has 1 aliphatic rings. The van der Waals surface area contributed by atoms with Crippen LogP contribution in [0.25, 0.3) is 0 Å². The Morgan fingerprint density at radius 1 is 1.36 bits per heavy atom. The second-order valence-corrected chi connectivity index (χ2v) is 3.81. The van der Waals surface area contributed by atoms with Gasteiger partial charge in [0, 0.05) is 6.04 Å². The summed E-state index contributed by atoms with van der Waals surface area (Å²) in [6, 6.07) is -0.149. The van der Waals surface area contributed by atoms with E-state index < -0.39 is 11.7 Å². The number of hydrogen-bond acceptors (Lipinski definition) is 3. The van der Waals surface area contributed by atoms with Crippen molar-refractivity contribution in [3.8, 4) is 0 Å². The number of nitrogens with two attached hydrogens (primary N) is 1. The third-order valence-corrected chi connectivity index (χ3v) is 2.49. The molecule has 0 bridgehead atoms. The molecule has 66 valence electrons. The largest absolute Gasteiger partial charge is 0.392 e. The SMILES string of the molecule is CC1(O)CCC(N)C(O)CC1. The van der Waals surface area contributed by atoms with E-state index in [-0.39, 0.29) is 6.04 Å². The number of aliphatic hydroxyl groups is 2. The summed E-state index contributed by atoms with van der Waals surface area (Å²) < 4.78 is 0. The molecular formula is C8H17NO2. The van der Waals surface area contributed by atoms with Crippen molar-refractivity contribution in [3.05, 3.63) is 0 Å². The first-order valence-electron chi connectivity index (χ1n) is 4.17. The summed E-state index contributed by atoms with van der Waals surface area (Å²) in [6.07, 6.45) is 2.26. The van der Waals surface area contributed by atoms with Crippen LogP contribution in [0.1, 0.15) is 32.6 Å². The lowest BCUT2D eigenvalue weighted by molar-refractivity contribution is 0.0396. The summed E-state index contributed by atoms with van der Waals surface area (Å²) >= 11 is 0. The summed E-state index contributed by atoms with van der Waals surface area (Å²) in [6.45, 7) is 1.80. The number of hydrogen-bond donors (Lipinski definition) is 3. The molecule has 0 heterocycles. The van der Waals surface area contributed by atoms with E-state index in [4.69, 9.17) is 5.73 Å². The minimum atomic E-state index is -0.616. The Bertz CT molecular complexity index is 122. The maximum Gasteiger partial charge on any atom is 0.0692 e. The van der Waals surface area contributed by atoms with Crippen LogP contribution < -0.4 is 5.73 Å². The fraction of sp³-hybridized carbons (Fsp3) is 1.00. The van der Waals surface area contributed by atoms with Gasteiger partial charge in [0.2, 0.25) is 0 Å². The predicted octanol–water partition coefficient (Wildman–Crippen LogP) is -0.000400. The third-order valence-electron chi connectivity index (χ3n) is 2.49. The highest BCUT2D eigenvalue weighted by Gasteiger charge is 2.29. The van der Waals surface area contributed by atoms with E-state index in [9.17, 15) is 10.2 Å². The van der Waals surface area contributed by atoms with E-state index in [1.807, 2.05) is 0 Å². The highest BCUT2D eigenvalue weighted by Crippen LogP contribution is 2.25. The summed E-state index contributed by atoms with van der Waals surface area (Å²) in [7, 11) is 0. The fourth-order valence-electron chi connectivity index (χ4n) is 1.47. The van der Waals surface area contributed by atoms with Gasteiger partial charge in [-0.05, 0) is 32.6 Å². The van der Waals surface area contributed by atoms with E-state index in [2.05, 4.69) is 0 Å². The zero-order chi connectivity index (χ0) is 8.48. The van der Waals surface area contributed by atoms with E-state index in [1.165, 1.54) is 0 Å². The Morgan fingerprint density at radius 2 is 1.91 bits per heavy atom. The van der Waals surface area contributed by atoms with Crippen molar-refractivity contribution >= 4 is 0 Å². The molecule has 0 aromatic rings. The van der Waals surface area contributed by atoms with E-state index >= 15 is 0 Å². The minimum absolute atomic E-state index is 0.149. The molecule has 1 rings (SSSR count). The van der Waals surface area contributed by atoms with Crippen LogP contribution in [0, 0.1) is 0 Å². The quantitative estimate of drug-likeness (QED) is 0.436. The normalized spacial score (nSPS) is 46.9. The zero-order valence-electron chi connectivity index (χ0n) is 6.95. The Kier molecular flexibility index (Phi) is 2.52. The molecule has 11 heavy (non-hydrogen) atoms. The lowest BCUT2D eigenvalue weighted by Crippen LogP contribution is -2.33. The lowest BCUT2D eigenvalue weighted by Gasteiger charge is -2.19. The molecular weight excluding hydrogens is 142 g/mol. The van der Waals surface area contributed by atoms with Crippen LogP contribution >= 0.6 is 0 Å². The van der Waals surface area contributed by atoms with Gasteiger partial charge in [0.1, 0.15) is 0 Å². The van der Waals surface area contributed by atoms with E-state index in [0.29, 0.717) is 25.7 Å². The van der Waals surface area contributed by atoms with Gasteiger partial charge < -0.3 is 15.9 Å². The second kappa shape index (κ2) is 3.09. The van der Waals surface area contributed by atoms with Gasteiger partial charge in [-0.2, -0.15) is 0 Å². The Labute approximate surface area is 67.2 Å². The Hall–Kier alpha value is -0.120. The van der Waals surface area contributed by atoms with Crippen LogP contribution in [0.3, 0.4) is 0 Å². The summed E-state index contributed by atoms with van der Waals surface area (Å²) in [5.41, 5.74) is 5.02. The van der Waals surface area contributed by atoms with Crippen LogP contribution in [-0.2, 0) is 0 Å². The predicted molar refractivity (Wildman–Crippen MR) is 43.1 cm³/mol. The molecule has 1 aliphatic carbocycles. The monoisotopic (exact) mass is 159 g/mol. The molecule has 0 aromatic heterocycles. The maximum absolute atomic E-state index is 9.62. The average Bonchev–Trinajstić information content (AvgIpc) is 2.03. The first-order valence-corrected chi connectivity index (χ1v) is 4.17. The molecule has 3 heteroatoms. The van der Waals surface area contributed by atoms with Crippen LogP contribution in [0.5, 0.6) is 0 Å². The summed E-state index contributed by atoms with van der Waals surface area (Å²) in [4.78, 5) is 0. The van der Waals surface area contributed by atoms with Gasteiger partial charge in [-0.1, -0.05) is 0 Å². The first kappa shape index (κ1) is 8.97. The molecule has 3 atom stereocenters. The molecule has 1 saturated carbocycles. The summed E-state index contributed by atoms with van der Waals surface area (Å²) in [5.74, 6) is 0. The van der Waals surface area contributed by atoms with Crippen molar-refractivity contribution in [2.24, 2.45) is 5.73 Å². The Morgan fingerprint density at radius 3 is 2.55 bits per heavy atom. The van der Waals surface area contributed by atoms with Gasteiger partial charge in [0.15, 0.2) is 0 Å². The highest BCUT2D eigenvalue weighted by atomic mass is 16.3. The maximum atomic E-state index is 9.62. The first-order chi connectivity index (χ1) is 5.01. The molecule has 0 radical (unpaired) electrons. The van der Waals surface area contributed by atoms with Gasteiger partial charge in [-0.3, -0.25) is 0 Å². The van der Waals surface area contributed by atoms with Crippen molar-refractivity contribution in [1.29, 1.82) is 0 Å². The Balaban J connectivity index is 2.51. The van der Waals surface area contributed by atoms with E-state index in [1.54, 1.807) is 6.92 Å². The molecule has 0 spiro atoms. The van der Waals surface area contributed by atoms with Crippen molar-refractivity contribution in [2.45, 2.75) is 50.4 Å². The van der Waals surface area contributed by atoms with Gasteiger partial charge in [0.25, 0.3) is 0 Å². The van der Waals surface area contributed by atoms with Crippen LogP contribution in [0.15, 0.2) is 0 Å². The molecule has 0 aliphatic heterocycles. The average molecular weight is 159 g/mol. The van der Waals surface area contributed by atoms with Crippen molar-refractivity contribution < 1.29 is 10.2 Å². The van der Waals surface area contributed by atoms with Gasteiger partial charge in [-0.15, -0.1) is 0 Å². The summed E-state index contributed by atoms with van der Waals surface area (Å²) in [5, 5.41) is 19.0. The highest BCUT2D eigenvalue weighted by molar-refractivity contribution is 4.85. The molecule has 4 N–H and O–H groups in total. The standard InChI is InChI=1S/C8H17NO2/c1-8(11)4-2-6(9)7(10)3-5-8/h6-7,10-11H,2-5,9H2,1H3. The smallest absolute Gasteiger partial charge is 0.0692 e. The molecule has 0 aromatic carbocycles. The molecule has 1 fully saturated rings. The molecule has 3 nitrogen and oxygen atoms in total. The van der Waals surface area contributed by atoms with E-state index in [0.717, 1.165) is 0 Å². The third kappa shape index (κ3) is 2.43. The number of rotatable bonds is 0. The lowest BCUT2D eigenvalue weighted by atomic mass is 9.97. The fourth-order valence-corrected chi connectivity index (χ4v) is 1.47. The van der Waals surface area contributed by atoms with Crippen molar-refractivity contribution in [3.63, 3.8) is 0 Å².